The summed E-state index contributed by atoms with van der Waals surface area (Å²) >= 11 is 0. The van der Waals surface area contributed by atoms with Crippen molar-refractivity contribution in [2.75, 3.05) is 0 Å². The molecule has 4 heteroatoms. The maximum absolute atomic E-state index is 12.4. The molecule has 4 nitrogen and oxygen atoms in total. The van der Waals surface area contributed by atoms with Crippen molar-refractivity contribution in [2.24, 2.45) is 5.41 Å². The Bertz CT molecular complexity index is 550. The van der Waals surface area contributed by atoms with Crippen molar-refractivity contribution in [1.29, 1.82) is 0 Å². The van der Waals surface area contributed by atoms with Gasteiger partial charge in [0.25, 0.3) is 0 Å². The van der Waals surface area contributed by atoms with Crippen LogP contribution in [0.3, 0.4) is 0 Å². The van der Waals surface area contributed by atoms with Crippen molar-refractivity contribution in [3.05, 3.63) is 0 Å². The number of carbonyl (C=O) groups excluding carboxylic acids is 1. The van der Waals surface area contributed by atoms with Crippen molar-refractivity contribution in [2.45, 2.75) is 175 Å². The second-order valence-corrected chi connectivity index (χ2v) is 13.5. The van der Waals surface area contributed by atoms with E-state index in [2.05, 4.69) is 46.9 Å². The highest BCUT2D eigenvalue weighted by Gasteiger charge is 2.47. The van der Waals surface area contributed by atoms with Crippen molar-refractivity contribution in [3.8, 4) is 0 Å². The molecule has 0 aromatic carbocycles. The highest BCUT2D eigenvalue weighted by atomic mass is 16.6. The van der Waals surface area contributed by atoms with Crippen LogP contribution < -0.4 is 5.32 Å². The average molecular weight is 468 g/mol. The summed E-state index contributed by atoms with van der Waals surface area (Å²) in [6, 6.07) is 0. The van der Waals surface area contributed by atoms with Gasteiger partial charge in [0.05, 0.1) is 11.7 Å². The number of nitrogens with one attached hydrogen (secondary N) is 1. The van der Waals surface area contributed by atoms with E-state index < -0.39 is 5.60 Å². The molecule has 1 aliphatic rings. The van der Waals surface area contributed by atoms with Gasteiger partial charge in [0.15, 0.2) is 0 Å². The topological polar surface area (TPSA) is 47.6 Å². The van der Waals surface area contributed by atoms with Crippen LogP contribution in [-0.2, 0) is 9.47 Å². The van der Waals surface area contributed by atoms with Crippen molar-refractivity contribution < 1.29 is 14.3 Å². The number of unbranched alkanes of at least 4 members (excludes halogenated alkanes) is 7. The highest BCUT2D eigenvalue weighted by Crippen LogP contribution is 2.41. The van der Waals surface area contributed by atoms with Crippen LogP contribution in [0.25, 0.3) is 0 Å². The van der Waals surface area contributed by atoms with E-state index in [1.54, 1.807) is 0 Å². The Balaban J connectivity index is 2.27. The minimum Gasteiger partial charge on any atom is -0.444 e. The summed E-state index contributed by atoms with van der Waals surface area (Å²) in [6.07, 6.45) is 16.8. The molecule has 33 heavy (non-hydrogen) atoms. The molecule has 1 saturated carbocycles. The maximum atomic E-state index is 12.4. The number of carbonyl (C=O) groups is 1. The van der Waals surface area contributed by atoms with E-state index in [-0.39, 0.29) is 23.3 Å². The first-order valence-electron chi connectivity index (χ1n) is 13.8. The molecule has 1 fully saturated rings. The van der Waals surface area contributed by atoms with Gasteiger partial charge in [-0.05, 0) is 72.1 Å². The van der Waals surface area contributed by atoms with Crippen LogP contribution in [0.4, 0.5) is 4.79 Å². The van der Waals surface area contributed by atoms with E-state index in [4.69, 9.17) is 9.47 Å². The van der Waals surface area contributed by atoms with Gasteiger partial charge in [0.1, 0.15) is 5.60 Å². The van der Waals surface area contributed by atoms with E-state index in [1.807, 2.05) is 20.8 Å². The van der Waals surface area contributed by atoms with E-state index in [9.17, 15) is 4.79 Å². The van der Waals surface area contributed by atoms with Crippen LogP contribution >= 0.6 is 0 Å². The zero-order valence-corrected chi connectivity index (χ0v) is 23.7. The summed E-state index contributed by atoms with van der Waals surface area (Å²) in [6.45, 7) is 19.4. The lowest BCUT2D eigenvalue weighted by molar-refractivity contribution is -0.138. The Kier molecular flexibility index (Phi) is 12.2. The van der Waals surface area contributed by atoms with Crippen LogP contribution in [0.1, 0.15) is 152 Å². The fourth-order valence-corrected chi connectivity index (χ4v) is 4.90. The Morgan fingerprint density at radius 3 is 1.82 bits per heavy atom. The van der Waals surface area contributed by atoms with E-state index in [0.29, 0.717) is 5.41 Å². The minimum absolute atomic E-state index is 0.0970. The molecule has 0 aromatic rings. The van der Waals surface area contributed by atoms with Gasteiger partial charge in [-0.1, -0.05) is 85.5 Å². The standard InChI is InChI=1S/C29H57NO3/c1-10-11-21-29(30-25(31)33-27(5,6)7)22-24(23-29)32-28(8,9)20-18-16-14-12-13-15-17-19-26(2,3)4/h24H,10-23H2,1-9H3,(H,30,31). The molecule has 1 aliphatic carbocycles. The molecule has 1 rings (SSSR count). The van der Waals surface area contributed by atoms with Gasteiger partial charge in [-0.15, -0.1) is 0 Å². The molecular weight excluding hydrogens is 410 g/mol. The molecule has 0 saturated heterocycles. The second-order valence-electron chi connectivity index (χ2n) is 13.5. The molecule has 0 unspecified atom stereocenters. The van der Waals surface area contributed by atoms with Gasteiger partial charge >= 0.3 is 6.09 Å². The number of hydrogen-bond donors (Lipinski definition) is 1. The largest absolute Gasteiger partial charge is 0.444 e. The summed E-state index contributed by atoms with van der Waals surface area (Å²) in [5, 5.41) is 3.18. The summed E-state index contributed by atoms with van der Waals surface area (Å²) in [5.41, 5.74) is -0.246. The SMILES string of the molecule is CCCCC1(NC(=O)OC(C)(C)C)CC(OC(C)(C)CCCCCCCCCC(C)(C)C)C1. The van der Waals surface area contributed by atoms with Gasteiger partial charge in [-0.2, -0.15) is 0 Å². The number of amides is 1. The fourth-order valence-electron chi connectivity index (χ4n) is 4.90. The summed E-state index contributed by atoms with van der Waals surface area (Å²) < 4.78 is 12.0. The maximum Gasteiger partial charge on any atom is 0.408 e. The Morgan fingerprint density at radius 2 is 1.33 bits per heavy atom. The Morgan fingerprint density at radius 1 is 0.818 bits per heavy atom. The Labute approximate surface area is 206 Å². The van der Waals surface area contributed by atoms with E-state index in [0.717, 1.165) is 38.5 Å². The van der Waals surface area contributed by atoms with Gasteiger partial charge in [0.2, 0.25) is 0 Å². The number of hydrogen-bond acceptors (Lipinski definition) is 3. The quantitative estimate of drug-likeness (QED) is 0.244. The first kappa shape index (κ1) is 30.3. The lowest BCUT2D eigenvalue weighted by Gasteiger charge is -2.50. The molecule has 1 amide bonds. The third-order valence-electron chi connectivity index (χ3n) is 6.70. The van der Waals surface area contributed by atoms with E-state index >= 15 is 0 Å². The number of ether oxygens (including phenoxy) is 2. The molecule has 0 radical (unpaired) electrons. The number of rotatable bonds is 15. The van der Waals surface area contributed by atoms with Crippen LogP contribution in [0.2, 0.25) is 0 Å². The first-order valence-corrected chi connectivity index (χ1v) is 13.8. The van der Waals surface area contributed by atoms with Gasteiger partial charge in [0, 0.05) is 5.54 Å². The molecule has 0 atom stereocenters. The minimum atomic E-state index is -0.468. The summed E-state index contributed by atoms with van der Waals surface area (Å²) in [4.78, 5) is 12.4. The first-order chi connectivity index (χ1) is 15.2. The molecule has 196 valence electrons. The van der Waals surface area contributed by atoms with Gasteiger partial charge in [-0.25, -0.2) is 4.79 Å². The highest BCUT2D eigenvalue weighted by molar-refractivity contribution is 5.69. The van der Waals surface area contributed by atoms with Crippen molar-refractivity contribution in [1.82, 2.24) is 5.32 Å². The normalized spacial score (nSPS) is 21.5. The molecular formula is C29H57NO3. The summed E-state index contributed by atoms with van der Waals surface area (Å²) in [5.74, 6) is 0. The van der Waals surface area contributed by atoms with Crippen LogP contribution in [0, 0.1) is 5.41 Å². The lowest BCUT2D eigenvalue weighted by atomic mass is 9.71. The van der Waals surface area contributed by atoms with Crippen molar-refractivity contribution in [3.63, 3.8) is 0 Å². The molecule has 0 aromatic heterocycles. The summed E-state index contributed by atoms with van der Waals surface area (Å²) in [7, 11) is 0. The smallest absolute Gasteiger partial charge is 0.408 e. The van der Waals surface area contributed by atoms with Crippen LogP contribution in [0.15, 0.2) is 0 Å². The molecule has 0 heterocycles. The zero-order valence-electron chi connectivity index (χ0n) is 23.7. The fraction of sp³-hybridized carbons (Fsp3) is 0.966. The molecule has 0 aliphatic heterocycles. The van der Waals surface area contributed by atoms with E-state index in [1.165, 1.54) is 51.4 Å². The third kappa shape index (κ3) is 14.3. The Hall–Kier alpha value is -0.770. The van der Waals surface area contributed by atoms with Gasteiger partial charge in [-0.3, -0.25) is 0 Å². The molecule has 0 spiro atoms. The zero-order chi connectivity index (χ0) is 25.2. The van der Waals surface area contributed by atoms with Crippen LogP contribution in [-0.4, -0.2) is 28.9 Å². The monoisotopic (exact) mass is 467 g/mol. The predicted octanol–water partition coefficient (Wildman–Crippen LogP) is 8.95. The third-order valence-corrected chi connectivity index (χ3v) is 6.70. The lowest BCUT2D eigenvalue weighted by Crippen LogP contribution is -2.61. The average Bonchev–Trinajstić information content (AvgIpc) is 2.60. The predicted molar refractivity (Wildman–Crippen MR) is 141 cm³/mol. The molecule has 1 N–H and O–H groups in total. The van der Waals surface area contributed by atoms with Crippen LogP contribution in [0.5, 0.6) is 0 Å². The number of alkyl carbamates (subject to hydrolysis) is 1. The molecule has 0 bridgehead atoms. The second kappa shape index (κ2) is 13.4. The van der Waals surface area contributed by atoms with Crippen molar-refractivity contribution >= 4 is 6.09 Å². The van der Waals surface area contributed by atoms with Gasteiger partial charge < -0.3 is 14.8 Å².